The highest BCUT2D eigenvalue weighted by atomic mass is 19.3. The molecule has 0 aromatic rings. The summed E-state index contributed by atoms with van der Waals surface area (Å²) in [7, 11) is 2.74. The number of allylic oxidation sites excluding steroid dienone is 2. The van der Waals surface area contributed by atoms with Crippen molar-refractivity contribution in [2.45, 2.75) is 257 Å². The van der Waals surface area contributed by atoms with Crippen LogP contribution in [0, 0.1) is 23.7 Å². The second-order valence-electron chi connectivity index (χ2n) is 21.2. The van der Waals surface area contributed by atoms with Gasteiger partial charge < -0.3 is 42.6 Å². The average molecular weight is 1150 g/mol. The van der Waals surface area contributed by atoms with E-state index in [1.165, 1.54) is 35.0 Å². The van der Waals surface area contributed by atoms with Crippen LogP contribution in [0.3, 0.4) is 0 Å². The number of methoxy groups -OCH3 is 2. The molecule has 460 valence electrons. The van der Waals surface area contributed by atoms with Crippen LogP contribution in [-0.2, 0) is 76.2 Å². The summed E-state index contributed by atoms with van der Waals surface area (Å²) in [6.07, 6.45) is 18.1. The van der Waals surface area contributed by atoms with Crippen molar-refractivity contribution in [1.29, 1.82) is 0 Å². The van der Waals surface area contributed by atoms with Gasteiger partial charge in [0.05, 0.1) is 33.0 Å². The van der Waals surface area contributed by atoms with Gasteiger partial charge in [-0.1, -0.05) is 77.4 Å². The third-order valence-corrected chi connectivity index (χ3v) is 14.8. The standard InChI is InChI=1S/2C28H44F2O7.C4H8O2/c2*1-4-5-17-28(29,30)25(32)16-15-22-21(12-8-6-7-9-13-26(33)34-3)23(36-20(2)31)19-24(22)37-27-14-10-11-18-35-27;1-3-6-4(2)5/h2*15-16,21-24,27H,4-14,17-19H2,1-3H3;3H2,1-2H3/b2*16-15+;/t2*21-,22-,23+,24-,27?;/m11./s1. The number of halogens is 4. The van der Waals surface area contributed by atoms with E-state index in [2.05, 4.69) is 14.2 Å². The summed E-state index contributed by atoms with van der Waals surface area (Å²) in [6, 6.07) is 0. The Morgan fingerprint density at radius 1 is 0.512 bits per heavy atom. The fourth-order valence-electron chi connectivity index (χ4n) is 10.6. The lowest BCUT2D eigenvalue weighted by Crippen LogP contribution is -2.31. The lowest BCUT2D eigenvalue weighted by molar-refractivity contribution is -0.193. The van der Waals surface area contributed by atoms with Crippen LogP contribution in [0.1, 0.15) is 208 Å². The molecule has 0 N–H and O–H groups in total. The van der Waals surface area contributed by atoms with Crippen molar-refractivity contribution in [2.75, 3.05) is 34.0 Å². The maximum atomic E-state index is 14.3. The molecule has 0 spiro atoms. The minimum atomic E-state index is -3.40. The molecule has 4 fully saturated rings. The monoisotopic (exact) mass is 1150 g/mol. The lowest BCUT2D eigenvalue weighted by Gasteiger charge is -2.29. The van der Waals surface area contributed by atoms with Crippen LogP contribution >= 0.6 is 0 Å². The number of esters is 5. The highest BCUT2D eigenvalue weighted by Gasteiger charge is 2.47. The van der Waals surface area contributed by atoms with Crippen molar-refractivity contribution in [3.05, 3.63) is 24.3 Å². The van der Waals surface area contributed by atoms with Crippen molar-refractivity contribution < 1.29 is 93.8 Å². The van der Waals surface area contributed by atoms with Crippen LogP contribution in [0.4, 0.5) is 17.6 Å². The molecule has 2 saturated heterocycles. The summed E-state index contributed by atoms with van der Waals surface area (Å²) >= 11 is 0. The molecule has 2 heterocycles. The third-order valence-electron chi connectivity index (χ3n) is 14.8. The molecule has 4 rings (SSSR count). The number of carbonyl (C=O) groups excluding carboxylic acids is 7. The molecule has 0 aromatic heterocycles. The third kappa shape index (κ3) is 28.6. The first-order valence-electron chi connectivity index (χ1n) is 29.5. The fraction of sp³-hybridized carbons (Fsp3) is 0.817. The molecule has 80 heavy (non-hydrogen) atoms. The minimum Gasteiger partial charge on any atom is -0.469 e. The largest absolute Gasteiger partial charge is 0.469 e. The highest BCUT2D eigenvalue weighted by Crippen LogP contribution is 2.44. The van der Waals surface area contributed by atoms with Crippen LogP contribution in [0.15, 0.2) is 24.3 Å². The molecule has 20 heteroatoms. The molecule has 0 amide bonds. The zero-order chi connectivity index (χ0) is 59.5. The highest BCUT2D eigenvalue weighted by molar-refractivity contribution is 5.96. The van der Waals surface area contributed by atoms with Gasteiger partial charge in [-0.05, 0) is 96.1 Å². The minimum absolute atomic E-state index is 0.175. The first-order chi connectivity index (χ1) is 38.1. The van der Waals surface area contributed by atoms with Gasteiger partial charge >= 0.3 is 41.7 Å². The van der Waals surface area contributed by atoms with Gasteiger partial charge in [-0.3, -0.25) is 33.6 Å². The number of carbonyl (C=O) groups is 7. The normalized spacial score (nSPS) is 24.9. The molecule has 4 aliphatic rings. The van der Waals surface area contributed by atoms with Crippen LogP contribution in [-0.4, -0.2) is 124 Å². The molecular formula is C60H96F4O16. The Morgan fingerprint density at radius 3 is 1.20 bits per heavy atom. The van der Waals surface area contributed by atoms with Crippen LogP contribution in [0.2, 0.25) is 0 Å². The number of alkyl halides is 4. The van der Waals surface area contributed by atoms with E-state index in [0.717, 1.165) is 102 Å². The van der Waals surface area contributed by atoms with Crippen molar-refractivity contribution in [3.63, 3.8) is 0 Å². The first-order valence-corrected chi connectivity index (χ1v) is 29.5. The van der Waals surface area contributed by atoms with E-state index in [4.69, 9.17) is 28.4 Å². The van der Waals surface area contributed by atoms with E-state index in [9.17, 15) is 51.1 Å². The van der Waals surface area contributed by atoms with Gasteiger partial charge in [0, 0.05) is 96.2 Å². The van der Waals surface area contributed by atoms with Gasteiger partial charge in [-0.2, -0.15) is 17.6 Å². The number of ketones is 2. The first kappa shape index (κ1) is 71.8. The van der Waals surface area contributed by atoms with Gasteiger partial charge in [0.2, 0.25) is 11.6 Å². The Kier molecular flexibility index (Phi) is 36.0. The Morgan fingerprint density at radius 2 is 0.900 bits per heavy atom. The number of unbranched alkanes of at least 4 members (excludes halogenated alkanes) is 8. The predicted molar refractivity (Wildman–Crippen MR) is 290 cm³/mol. The Balaban J connectivity index is 0.000000495. The van der Waals surface area contributed by atoms with Crippen molar-refractivity contribution in [3.8, 4) is 0 Å². The molecule has 2 saturated carbocycles. The van der Waals surface area contributed by atoms with Gasteiger partial charge in [0.25, 0.3) is 0 Å². The predicted octanol–water partition coefficient (Wildman–Crippen LogP) is 12.4. The fourth-order valence-corrected chi connectivity index (χ4v) is 10.6. The molecule has 0 aromatic carbocycles. The van der Waals surface area contributed by atoms with Crippen molar-refractivity contribution >= 4 is 41.4 Å². The van der Waals surface area contributed by atoms with Gasteiger partial charge in [0.1, 0.15) is 12.2 Å². The molecule has 2 aliphatic carbocycles. The molecule has 2 unspecified atom stereocenters. The second kappa shape index (κ2) is 40.0. The zero-order valence-corrected chi connectivity index (χ0v) is 49.1. The van der Waals surface area contributed by atoms with Crippen molar-refractivity contribution in [1.82, 2.24) is 0 Å². The van der Waals surface area contributed by atoms with E-state index in [0.29, 0.717) is 71.2 Å². The molecule has 2 aliphatic heterocycles. The Bertz CT molecular complexity index is 1760. The molecule has 0 bridgehead atoms. The second-order valence-corrected chi connectivity index (χ2v) is 21.2. The van der Waals surface area contributed by atoms with Gasteiger partial charge in [-0.25, -0.2) is 0 Å². The van der Waals surface area contributed by atoms with E-state index in [-0.39, 0.29) is 54.4 Å². The quantitative estimate of drug-likeness (QED) is 0.0197. The maximum Gasteiger partial charge on any atom is 0.309 e. The number of rotatable bonds is 33. The van der Waals surface area contributed by atoms with Crippen molar-refractivity contribution in [2.24, 2.45) is 23.7 Å². The molecule has 0 radical (unpaired) electrons. The van der Waals surface area contributed by atoms with E-state index in [1.807, 2.05) is 0 Å². The van der Waals surface area contributed by atoms with Crippen LogP contribution < -0.4 is 0 Å². The summed E-state index contributed by atoms with van der Waals surface area (Å²) in [6.45, 7) is 11.2. The zero-order valence-electron chi connectivity index (χ0n) is 49.1. The smallest absolute Gasteiger partial charge is 0.309 e. The average Bonchev–Trinajstić information content (AvgIpc) is 3.92. The topological polar surface area (TPSA) is 203 Å². The Labute approximate surface area is 473 Å². The lowest BCUT2D eigenvalue weighted by atomic mass is 9.87. The Hall–Kier alpha value is -4.27. The van der Waals surface area contributed by atoms with E-state index >= 15 is 0 Å². The number of ether oxygens (including phenoxy) is 9. The summed E-state index contributed by atoms with van der Waals surface area (Å²) in [5.74, 6) is -11.8. The molecular weight excluding hydrogens is 1050 g/mol. The maximum absolute atomic E-state index is 14.3. The van der Waals surface area contributed by atoms with Crippen LogP contribution in [0.25, 0.3) is 0 Å². The number of hydrogen-bond acceptors (Lipinski definition) is 16. The van der Waals surface area contributed by atoms with E-state index < -0.39 is 85.2 Å². The summed E-state index contributed by atoms with van der Waals surface area (Å²) in [4.78, 5) is 80.9. The summed E-state index contributed by atoms with van der Waals surface area (Å²) in [5, 5.41) is 0. The summed E-state index contributed by atoms with van der Waals surface area (Å²) < 4.78 is 106. The summed E-state index contributed by atoms with van der Waals surface area (Å²) in [5.41, 5.74) is 0. The van der Waals surface area contributed by atoms with Gasteiger partial charge in [-0.15, -0.1) is 0 Å². The molecule has 16 nitrogen and oxygen atoms in total. The van der Waals surface area contributed by atoms with Gasteiger partial charge in [0.15, 0.2) is 12.6 Å². The molecule has 10 atom stereocenters. The van der Waals surface area contributed by atoms with Crippen LogP contribution in [0.5, 0.6) is 0 Å². The SMILES string of the molecule is CCCCC(F)(F)C(=O)/C=C/[C@@H]1[C@@H](CCCCCCC(=O)OC)[C@@H](OC(C)=O)C[C@H]1OC1CCCCO1.CCCCC(F)(F)C(=O)/C=C/[C@@H]1[C@@H](CCCCCCC(=O)OC)[C@@H](OC(C)=O)C[C@H]1OC1CCCCO1.CCOC(C)=O. The van der Waals surface area contributed by atoms with E-state index in [1.54, 1.807) is 32.9 Å². The number of hydrogen-bond donors (Lipinski definition) is 0.